The topological polar surface area (TPSA) is 51.8 Å². The quantitative estimate of drug-likeness (QED) is 0.695. The van der Waals surface area contributed by atoms with Crippen LogP contribution < -0.4 is 5.73 Å². The van der Waals surface area contributed by atoms with E-state index in [1.54, 1.807) is 6.20 Å². The van der Waals surface area contributed by atoms with Crippen molar-refractivity contribution in [1.29, 1.82) is 0 Å². The summed E-state index contributed by atoms with van der Waals surface area (Å²) in [7, 11) is 0. The highest BCUT2D eigenvalue weighted by atomic mass is 35.5. The minimum Gasteiger partial charge on any atom is -0.381 e. The molecular formula is C7H8ClN3. The molecule has 0 amide bonds. The number of hydrogen-bond acceptors (Lipinski definition) is 3. The Labute approximate surface area is 69.6 Å². The van der Waals surface area contributed by atoms with E-state index in [9.17, 15) is 0 Å². The van der Waals surface area contributed by atoms with Gasteiger partial charge in [-0.2, -0.15) is 0 Å². The highest BCUT2D eigenvalue weighted by Gasteiger charge is 2.25. The molecule has 58 valence electrons. The Balaban J connectivity index is 2.36. The van der Waals surface area contributed by atoms with E-state index in [0.717, 1.165) is 5.69 Å². The van der Waals surface area contributed by atoms with Crippen LogP contribution in [-0.2, 0) is 0 Å². The van der Waals surface area contributed by atoms with Crippen molar-refractivity contribution in [3.63, 3.8) is 0 Å². The molecule has 1 aromatic heterocycles. The van der Waals surface area contributed by atoms with Crippen molar-refractivity contribution in [3.05, 3.63) is 17.0 Å². The van der Waals surface area contributed by atoms with Gasteiger partial charge in [0.05, 0.1) is 11.9 Å². The lowest BCUT2D eigenvalue weighted by Crippen LogP contribution is -1.97. The van der Waals surface area contributed by atoms with Gasteiger partial charge in [0.25, 0.3) is 0 Å². The molecule has 1 fully saturated rings. The van der Waals surface area contributed by atoms with Crippen molar-refractivity contribution in [2.24, 2.45) is 0 Å². The lowest BCUT2D eigenvalue weighted by molar-refractivity contribution is 0.995. The fourth-order valence-corrected chi connectivity index (χ4v) is 1.07. The van der Waals surface area contributed by atoms with Crippen molar-refractivity contribution < 1.29 is 0 Å². The van der Waals surface area contributed by atoms with E-state index in [1.165, 1.54) is 12.8 Å². The Hall–Kier alpha value is -0.830. The maximum Gasteiger partial charge on any atom is 0.171 e. The number of aromatic nitrogens is 2. The number of rotatable bonds is 1. The van der Waals surface area contributed by atoms with Crippen LogP contribution in [0.4, 0.5) is 5.82 Å². The molecule has 2 rings (SSSR count). The van der Waals surface area contributed by atoms with Crippen LogP contribution in [0, 0.1) is 0 Å². The van der Waals surface area contributed by atoms with Crippen LogP contribution in [0.2, 0.25) is 5.15 Å². The van der Waals surface area contributed by atoms with E-state index in [4.69, 9.17) is 17.3 Å². The Kier molecular flexibility index (Phi) is 1.46. The molecule has 0 atom stereocenters. The van der Waals surface area contributed by atoms with E-state index in [2.05, 4.69) is 9.97 Å². The summed E-state index contributed by atoms with van der Waals surface area (Å²) in [4.78, 5) is 8.04. The Morgan fingerprint density at radius 2 is 2.27 bits per heavy atom. The standard InChI is InChI=1S/C7H8ClN3/c8-6-7(9)11-5(3-10-6)4-1-2-4/h3-4H,1-2H2,(H2,9,11). The minimum atomic E-state index is 0.300. The Bertz CT molecular complexity index is 283. The molecule has 0 aliphatic heterocycles. The number of halogens is 1. The molecule has 0 radical (unpaired) electrons. The maximum atomic E-state index is 5.61. The van der Waals surface area contributed by atoms with E-state index in [0.29, 0.717) is 16.9 Å². The molecule has 0 spiro atoms. The largest absolute Gasteiger partial charge is 0.381 e. The van der Waals surface area contributed by atoms with Gasteiger partial charge in [-0.25, -0.2) is 9.97 Å². The molecule has 0 saturated heterocycles. The van der Waals surface area contributed by atoms with Crippen LogP contribution in [0.3, 0.4) is 0 Å². The van der Waals surface area contributed by atoms with Crippen LogP contribution in [0.1, 0.15) is 24.5 Å². The second-order valence-corrected chi connectivity index (χ2v) is 3.10. The summed E-state index contributed by atoms with van der Waals surface area (Å²) in [5.41, 5.74) is 6.46. The first-order valence-electron chi connectivity index (χ1n) is 3.55. The Morgan fingerprint density at radius 3 is 2.82 bits per heavy atom. The molecule has 1 aliphatic carbocycles. The van der Waals surface area contributed by atoms with Crippen LogP contribution in [0.5, 0.6) is 0 Å². The van der Waals surface area contributed by atoms with Gasteiger partial charge in [0, 0.05) is 5.92 Å². The van der Waals surface area contributed by atoms with Crippen LogP contribution in [0.25, 0.3) is 0 Å². The molecule has 3 nitrogen and oxygen atoms in total. The fourth-order valence-electron chi connectivity index (χ4n) is 0.979. The van der Waals surface area contributed by atoms with Crippen molar-refractivity contribution in [1.82, 2.24) is 9.97 Å². The molecular weight excluding hydrogens is 162 g/mol. The van der Waals surface area contributed by atoms with Gasteiger partial charge in [0.2, 0.25) is 0 Å². The third-order valence-electron chi connectivity index (χ3n) is 1.77. The summed E-state index contributed by atoms with van der Waals surface area (Å²) >= 11 is 5.61. The molecule has 0 unspecified atom stereocenters. The molecule has 1 aliphatic rings. The first-order valence-corrected chi connectivity index (χ1v) is 3.93. The Morgan fingerprint density at radius 1 is 1.55 bits per heavy atom. The lowest BCUT2D eigenvalue weighted by Gasteiger charge is -1.98. The second-order valence-electron chi connectivity index (χ2n) is 2.75. The van der Waals surface area contributed by atoms with Gasteiger partial charge in [0.1, 0.15) is 0 Å². The number of nitrogen functional groups attached to an aromatic ring is 1. The summed E-state index contributed by atoms with van der Waals surface area (Å²) in [6.07, 6.45) is 4.11. The summed E-state index contributed by atoms with van der Waals surface area (Å²) in [5.74, 6) is 0.929. The number of nitrogens with zero attached hydrogens (tertiary/aromatic N) is 2. The van der Waals surface area contributed by atoms with E-state index < -0.39 is 0 Å². The molecule has 11 heavy (non-hydrogen) atoms. The maximum absolute atomic E-state index is 5.61. The normalized spacial score (nSPS) is 16.8. The van der Waals surface area contributed by atoms with E-state index >= 15 is 0 Å². The van der Waals surface area contributed by atoms with Gasteiger partial charge >= 0.3 is 0 Å². The molecule has 2 N–H and O–H groups in total. The highest BCUT2D eigenvalue weighted by molar-refractivity contribution is 6.31. The van der Waals surface area contributed by atoms with Gasteiger partial charge in [0.15, 0.2) is 11.0 Å². The molecule has 0 bridgehead atoms. The summed E-state index contributed by atoms with van der Waals surface area (Å²) < 4.78 is 0. The minimum absolute atomic E-state index is 0.300. The molecule has 1 aromatic rings. The van der Waals surface area contributed by atoms with Crippen LogP contribution >= 0.6 is 11.6 Å². The zero-order chi connectivity index (χ0) is 7.84. The van der Waals surface area contributed by atoms with E-state index in [-0.39, 0.29) is 0 Å². The second kappa shape index (κ2) is 2.34. The van der Waals surface area contributed by atoms with Gasteiger partial charge in [-0.1, -0.05) is 11.6 Å². The number of nitrogens with two attached hydrogens (primary N) is 1. The van der Waals surface area contributed by atoms with Gasteiger partial charge in [-0.3, -0.25) is 0 Å². The zero-order valence-electron chi connectivity index (χ0n) is 5.92. The van der Waals surface area contributed by atoms with Gasteiger partial charge in [-0.15, -0.1) is 0 Å². The van der Waals surface area contributed by atoms with Crippen LogP contribution in [0.15, 0.2) is 6.20 Å². The average Bonchev–Trinajstić information content (AvgIpc) is 2.77. The summed E-state index contributed by atoms with van der Waals surface area (Å²) in [6.45, 7) is 0. The summed E-state index contributed by atoms with van der Waals surface area (Å²) in [5, 5.41) is 0.300. The predicted octanol–water partition coefficient (Wildman–Crippen LogP) is 1.59. The zero-order valence-corrected chi connectivity index (χ0v) is 6.67. The SMILES string of the molecule is Nc1nc(C2CC2)cnc1Cl. The third kappa shape index (κ3) is 1.28. The molecule has 0 aromatic carbocycles. The van der Waals surface area contributed by atoms with Crippen molar-refractivity contribution >= 4 is 17.4 Å². The van der Waals surface area contributed by atoms with Crippen molar-refractivity contribution in [3.8, 4) is 0 Å². The highest BCUT2D eigenvalue weighted by Crippen LogP contribution is 2.39. The molecule has 1 heterocycles. The van der Waals surface area contributed by atoms with E-state index in [1.807, 2.05) is 0 Å². The number of hydrogen-bond donors (Lipinski definition) is 1. The van der Waals surface area contributed by atoms with Crippen molar-refractivity contribution in [2.45, 2.75) is 18.8 Å². The van der Waals surface area contributed by atoms with Gasteiger partial charge < -0.3 is 5.73 Å². The van der Waals surface area contributed by atoms with Crippen LogP contribution in [-0.4, -0.2) is 9.97 Å². The van der Waals surface area contributed by atoms with Crippen molar-refractivity contribution in [2.75, 3.05) is 5.73 Å². The molecule has 4 heteroatoms. The fraction of sp³-hybridized carbons (Fsp3) is 0.429. The monoisotopic (exact) mass is 169 g/mol. The third-order valence-corrected chi connectivity index (χ3v) is 2.06. The number of anilines is 1. The summed E-state index contributed by atoms with van der Waals surface area (Å²) in [6, 6.07) is 0. The first-order chi connectivity index (χ1) is 5.27. The smallest absolute Gasteiger partial charge is 0.171 e. The lowest BCUT2D eigenvalue weighted by atomic mass is 10.3. The average molecular weight is 170 g/mol. The first kappa shape index (κ1) is 6.85. The van der Waals surface area contributed by atoms with Gasteiger partial charge in [-0.05, 0) is 12.8 Å². The molecule has 1 saturated carbocycles. The predicted molar refractivity (Wildman–Crippen MR) is 43.4 cm³/mol.